The van der Waals surface area contributed by atoms with Crippen LogP contribution in [0.25, 0.3) is 0 Å². The molecule has 40 valence electrons. The van der Waals surface area contributed by atoms with Gasteiger partial charge in [-0.15, -0.1) is 0 Å². The van der Waals surface area contributed by atoms with Crippen molar-refractivity contribution in [2.75, 3.05) is 0 Å². The molecule has 0 aliphatic rings. The van der Waals surface area contributed by atoms with E-state index < -0.39 is 7.82 Å². The molecule has 0 aromatic rings. The number of phosphoric acid groups is 1. The van der Waals surface area contributed by atoms with Gasteiger partial charge in [-0.1, -0.05) is 0 Å². The second-order valence-corrected chi connectivity index (χ2v) is 1.41. The van der Waals surface area contributed by atoms with Crippen molar-refractivity contribution in [2.24, 2.45) is 0 Å². The van der Waals surface area contributed by atoms with E-state index in [0.29, 0.717) is 0 Å². The van der Waals surface area contributed by atoms with E-state index >= 15 is 0 Å². The summed E-state index contributed by atoms with van der Waals surface area (Å²) in [5, 5.41) is 0. The Balaban J connectivity index is -0.0000000267. The molecule has 4 nitrogen and oxygen atoms in total. The van der Waals surface area contributed by atoms with Crippen LogP contribution in [0, 0.1) is 0 Å². The third kappa shape index (κ3) is 71.8. The summed E-state index contributed by atoms with van der Waals surface area (Å²) in [6.45, 7) is 0. The zero-order valence-corrected chi connectivity index (χ0v) is 10.1. The molecule has 1 N–H and O–H groups in total. The largest absolute Gasteiger partial charge is 2.00 e. The van der Waals surface area contributed by atoms with Gasteiger partial charge in [0.05, 0.1) is 7.82 Å². The van der Waals surface area contributed by atoms with E-state index in [2.05, 4.69) is 0 Å². The van der Waals surface area contributed by atoms with Gasteiger partial charge in [-0.3, -0.25) is 0 Å². The summed E-state index contributed by atoms with van der Waals surface area (Å²) < 4.78 is 8.66. The maximum atomic E-state index is 8.66. The fourth-order valence-corrected chi connectivity index (χ4v) is 0. The summed E-state index contributed by atoms with van der Waals surface area (Å²) in [6.07, 6.45) is 0. The smallest absolute Gasteiger partial charge is 1.00 e. The molecule has 0 aromatic heterocycles. The molecule has 0 aromatic carbocycles. The molecule has 0 saturated heterocycles. The van der Waals surface area contributed by atoms with Crippen LogP contribution in [-0.4, -0.2) is 42.6 Å². The van der Waals surface area contributed by atoms with Crippen molar-refractivity contribution in [3.63, 3.8) is 0 Å². The molecule has 0 unspecified atom stereocenters. The summed E-state index contributed by atoms with van der Waals surface area (Å²) in [7, 11) is -5.14. The van der Waals surface area contributed by atoms with E-state index in [1.807, 2.05) is 0 Å². The molecule has 8 heteroatoms. The number of halogens is 1. The van der Waals surface area contributed by atoms with Gasteiger partial charge in [0.15, 0.2) is 0 Å². The fourth-order valence-electron chi connectivity index (χ4n) is 0. The van der Waals surface area contributed by atoms with Crippen LogP contribution in [0.2, 0.25) is 0 Å². The number of hydrogen-bond acceptors (Lipinski definition) is 3. The van der Waals surface area contributed by atoms with Crippen molar-refractivity contribution >= 4 is 45.6 Å². The van der Waals surface area contributed by atoms with Crippen LogP contribution in [0.15, 0.2) is 0 Å². The Morgan fingerprint density at radius 2 is 1.38 bits per heavy atom. The Morgan fingerprint density at radius 3 is 1.38 bits per heavy atom. The van der Waals surface area contributed by atoms with Crippen molar-refractivity contribution in [2.45, 2.75) is 0 Å². The van der Waals surface area contributed by atoms with Crippen molar-refractivity contribution in [3.05, 3.63) is 0 Å². The maximum Gasteiger partial charge on any atom is 2.00 e. The Morgan fingerprint density at radius 1 is 1.38 bits per heavy atom. The minimum absolute atomic E-state index is 0. The monoisotopic (exact) mass is 194 g/mol. The molecule has 0 atom stereocenters. The van der Waals surface area contributed by atoms with Gasteiger partial charge in [0.25, 0.3) is 0 Å². The Bertz CT molecular complexity index is 62.2. The average molecular weight is 194 g/mol. The van der Waals surface area contributed by atoms with Crippen molar-refractivity contribution in [1.29, 1.82) is 0 Å². The molecule has 0 saturated carbocycles. The van der Waals surface area contributed by atoms with Crippen molar-refractivity contribution in [1.82, 2.24) is 0 Å². The first-order valence-corrected chi connectivity index (χ1v) is 2.24. The predicted octanol–water partition coefficient (Wildman–Crippen LogP) is -8.57. The summed E-state index contributed by atoms with van der Waals surface area (Å²) in [6, 6.07) is 0. The quantitative estimate of drug-likeness (QED) is 0.307. The maximum absolute atomic E-state index is 8.66. The van der Waals surface area contributed by atoms with Crippen LogP contribution < -0.4 is 51.8 Å². The zero-order chi connectivity index (χ0) is 4.50. The molecular formula is HCaClNaO4P. The molecule has 0 rings (SSSR count). The van der Waals surface area contributed by atoms with Gasteiger partial charge < -0.3 is 31.7 Å². The zero-order valence-electron chi connectivity index (χ0n) is 4.20. The summed E-state index contributed by atoms with van der Waals surface area (Å²) >= 11 is 0. The standard InChI is InChI=1S/Ca.ClH.Na.H3O4P/c;;;1-5(2,3)4/h;1H;;(H3,1,2,3,4)/q+2;;+1;/p-3. The topological polar surface area (TPSA) is 83.4 Å². The molecule has 0 bridgehead atoms. The van der Waals surface area contributed by atoms with Gasteiger partial charge in [-0.25, -0.2) is 0 Å². The molecule has 0 radical (unpaired) electrons. The van der Waals surface area contributed by atoms with E-state index in [-0.39, 0.29) is 79.7 Å². The SMILES string of the molecule is O=P([O-])([O-])O.[Ca+2].[Cl-].[Na+]. The van der Waals surface area contributed by atoms with Gasteiger partial charge in [-0.2, -0.15) is 0 Å². The fraction of sp³-hybridized carbons (Fsp3) is 0. The van der Waals surface area contributed by atoms with E-state index in [0.717, 1.165) is 0 Å². The molecule has 0 spiro atoms. The molecule has 0 amide bonds. The van der Waals surface area contributed by atoms with Gasteiger partial charge in [-0.05, 0) is 0 Å². The van der Waals surface area contributed by atoms with E-state index in [4.69, 9.17) is 19.2 Å². The molecule has 0 fully saturated rings. The molecule has 0 heterocycles. The Labute approximate surface area is 105 Å². The third-order valence-electron chi connectivity index (χ3n) is 0. The Hall–Kier alpha value is 2.66. The van der Waals surface area contributed by atoms with Crippen molar-refractivity contribution in [3.8, 4) is 0 Å². The Kier molecular flexibility index (Phi) is 27.1. The summed E-state index contributed by atoms with van der Waals surface area (Å²) in [5.41, 5.74) is 0. The van der Waals surface area contributed by atoms with Crippen LogP contribution in [0.4, 0.5) is 0 Å². The van der Waals surface area contributed by atoms with Gasteiger partial charge in [0.1, 0.15) is 0 Å². The van der Waals surface area contributed by atoms with Crippen molar-refractivity contribution < 1.29 is 61.2 Å². The van der Waals surface area contributed by atoms with Crippen LogP contribution in [0.3, 0.4) is 0 Å². The van der Waals surface area contributed by atoms with Crippen LogP contribution >= 0.6 is 7.82 Å². The number of rotatable bonds is 0. The predicted molar refractivity (Wildman–Crippen MR) is 15.6 cm³/mol. The average Bonchev–Trinajstić information content (AvgIpc) is 0.722. The van der Waals surface area contributed by atoms with Gasteiger partial charge >= 0.3 is 67.3 Å². The third-order valence-corrected chi connectivity index (χ3v) is 0. The first kappa shape index (κ1) is 22.4. The molecule has 0 aliphatic carbocycles. The van der Waals surface area contributed by atoms with E-state index in [9.17, 15) is 0 Å². The summed E-state index contributed by atoms with van der Waals surface area (Å²) in [5.74, 6) is 0. The second-order valence-electron chi connectivity index (χ2n) is 0.469. The normalized spacial score (nSPS) is 7.38. The van der Waals surface area contributed by atoms with E-state index in [1.165, 1.54) is 0 Å². The molecular weight excluding hydrogens is 193 g/mol. The molecule has 0 aliphatic heterocycles. The van der Waals surface area contributed by atoms with Crippen LogP contribution in [-0.2, 0) is 4.57 Å². The minimum atomic E-state index is -5.14. The molecule has 8 heavy (non-hydrogen) atoms. The first-order valence-electron chi connectivity index (χ1n) is 0.748. The second kappa shape index (κ2) is 9.66. The van der Waals surface area contributed by atoms with Gasteiger partial charge in [0, 0.05) is 0 Å². The van der Waals surface area contributed by atoms with Crippen LogP contribution in [0.5, 0.6) is 0 Å². The number of hydrogen-bond donors (Lipinski definition) is 1. The first-order chi connectivity index (χ1) is 2.00. The minimum Gasteiger partial charge on any atom is -1.00 e. The summed E-state index contributed by atoms with van der Waals surface area (Å²) in [4.78, 5) is 24.3. The van der Waals surface area contributed by atoms with Crippen LogP contribution in [0.1, 0.15) is 0 Å². The van der Waals surface area contributed by atoms with Gasteiger partial charge in [0.2, 0.25) is 0 Å². The van der Waals surface area contributed by atoms with E-state index in [1.54, 1.807) is 0 Å².